The molecule has 7 heteroatoms. The number of carbonyl (C=O) groups excluding carboxylic acids is 1. The van der Waals surface area contributed by atoms with Gasteiger partial charge in [0.2, 0.25) is 0 Å². The standard InChI is InChI=1S/C23H16F2N2O2S/c24-17-8-10-18(11-9-17)26-22(28)21-14-30-23(27-21)15-5-3-6-19(12-15)29-13-16-4-1-2-7-20(16)25/h1-12,14H,13H2,(H,26,28). The van der Waals surface area contributed by atoms with Crippen LogP contribution < -0.4 is 10.1 Å². The molecule has 0 atom stereocenters. The van der Waals surface area contributed by atoms with E-state index in [-0.39, 0.29) is 29.8 Å². The van der Waals surface area contributed by atoms with Crippen molar-refractivity contribution in [3.63, 3.8) is 0 Å². The van der Waals surface area contributed by atoms with E-state index in [9.17, 15) is 13.6 Å². The number of nitrogens with zero attached hydrogens (tertiary/aromatic N) is 1. The summed E-state index contributed by atoms with van der Waals surface area (Å²) in [5, 5.41) is 4.99. The van der Waals surface area contributed by atoms with E-state index in [0.29, 0.717) is 22.0 Å². The molecule has 1 aromatic heterocycles. The quantitative estimate of drug-likeness (QED) is 0.420. The average molecular weight is 422 g/mol. The molecule has 0 bridgehead atoms. The molecule has 150 valence electrons. The maximum atomic E-state index is 13.7. The molecule has 0 saturated heterocycles. The van der Waals surface area contributed by atoms with Crippen molar-refractivity contribution in [3.05, 3.63) is 101 Å². The minimum atomic E-state index is -0.379. The van der Waals surface area contributed by atoms with Gasteiger partial charge in [-0.3, -0.25) is 4.79 Å². The SMILES string of the molecule is O=C(Nc1ccc(F)cc1)c1csc(-c2cccc(OCc3ccccc3F)c2)n1. The summed E-state index contributed by atoms with van der Waals surface area (Å²) in [6, 6.07) is 19.2. The fourth-order valence-electron chi connectivity index (χ4n) is 2.73. The van der Waals surface area contributed by atoms with E-state index >= 15 is 0 Å². The molecule has 0 aliphatic rings. The van der Waals surface area contributed by atoms with Gasteiger partial charge in [0, 0.05) is 22.2 Å². The van der Waals surface area contributed by atoms with Gasteiger partial charge < -0.3 is 10.1 Å². The first-order valence-electron chi connectivity index (χ1n) is 9.07. The largest absolute Gasteiger partial charge is 0.489 e. The van der Waals surface area contributed by atoms with Gasteiger partial charge in [-0.15, -0.1) is 11.3 Å². The molecule has 4 nitrogen and oxygen atoms in total. The Bertz CT molecular complexity index is 1180. The predicted molar refractivity (Wildman–Crippen MR) is 113 cm³/mol. The lowest BCUT2D eigenvalue weighted by molar-refractivity contribution is 0.102. The molecule has 4 rings (SSSR count). The third-order valence-corrected chi connectivity index (χ3v) is 5.16. The van der Waals surface area contributed by atoms with Crippen LogP contribution in [0, 0.1) is 11.6 Å². The lowest BCUT2D eigenvalue weighted by Crippen LogP contribution is -2.12. The van der Waals surface area contributed by atoms with Crippen LogP contribution in [0.2, 0.25) is 0 Å². The number of halogens is 2. The van der Waals surface area contributed by atoms with Gasteiger partial charge in [-0.2, -0.15) is 0 Å². The normalized spacial score (nSPS) is 10.6. The van der Waals surface area contributed by atoms with Crippen molar-refractivity contribution in [1.29, 1.82) is 0 Å². The summed E-state index contributed by atoms with van der Waals surface area (Å²) >= 11 is 1.32. The molecule has 0 unspecified atom stereocenters. The monoisotopic (exact) mass is 422 g/mol. The van der Waals surface area contributed by atoms with Crippen molar-refractivity contribution in [3.8, 4) is 16.3 Å². The van der Waals surface area contributed by atoms with Crippen LogP contribution in [0.5, 0.6) is 5.75 Å². The summed E-state index contributed by atoms with van der Waals surface area (Å²) in [7, 11) is 0. The van der Waals surface area contributed by atoms with Gasteiger partial charge in [0.15, 0.2) is 0 Å². The first-order valence-corrected chi connectivity index (χ1v) is 9.95. The van der Waals surface area contributed by atoms with Crippen molar-refractivity contribution in [2.45, 2.75) is 6.61 Å². The summed E-state index contributed by atoms with van der Waals surface area (Å²) in [6.45, 7) is 0.110. The third kappa shape index (κ3) is 4.69. The van der Waals surface area contributed by atoms with Gasteiger partial charge in [0.1, 0.15) is 34.7 Å². The van der Waals surface area contributed by atoms with Crippen LogP contribution in [0.3, 0.4) is 0 Å². The number of hydrogen-bond acceptors (Lipinski definition) is 4. The van der Waals surface area contributed by atoms with Crippen molar-refractivity contribution < 1.29 is 18.3 Å². The highest BCUT2D eigenvalue weighted by atomic mass is 32.1. The summed E-state index contributed by atoms with van der Waals surface area (Å²) in [6.07, 6.45) is 0. The van der Waals surface area contributed by atoms with Crippen LogP contribution >= 0.6 is 11.3 Å². The Labute approximate surface area is 175 Å². The minimum Gasteiger partial charge on any atom is -0.489 e. The zero-order chi connectivity index (χ0) is 20.9. The van der Waals surface area contributed by atoms with Crippen molar-refractivity contribution in [1.82, 2.24) is 4.98 Å². The number of anilines is 1. The second-order valence-corrected chi connectivity index (χ2v) is 7.26. The summed E-state index contributed by atoms with van der Waals surface area (Å²) in [5.41, 5.74) is 2.00. The van der Waals surface area contributed by atoms with Gasteiger partial charge in [-0.1, -0.05) is 30.3 Å². The zero-order valence-corrected chi connectivity index (χ0v) is 16.5. The Morgan fingerprint density at radius 2 is 1.80 bits per heavy atom. The van der Waals surface area contributed by atoms with Gasteiger partial charge in [0.05, 0.1) is 0 Å². The van der Waals surface area contributed by atoms with E-state index in [2.05, 4.69) is 10.3 Å². The number of nitrogens with one attached hydrogen (secondary N) is 1. The topological polar surface area (TPSA) is 51.2 Å². The minimum absolute atomic E-state index is 0.110. The fourth-order valence-corrected chi connectivity index (χ4v) is 3.53. The molecule has 1 N–H and O–H groups in total. The fraction of sp³-hybridized carbons (Fsp3) is 0.0435. The Morgan fingerprint density at radius 1 is 1.00 bits per heavy atom. The molecule has 4 aromatic rings. The Morgan fingerprint density at radius 3 is 2.60 bits per heavy atom. The molecular weight excluding hydrogens is 406 g/mol. The van der Waals surface area contributed by atoms with E-state index in [1.807, 2.05) is 12.1 Å². The highest BCUT2D eigenvalue weighted by Crippen LogP contribution is 2.28. The van der Waals surface area contributed by atoms with E-state index < -0.39 is 0 Å². The maximum Gasteiger partial charge on any atom is 0.275 e. The molecule has 1 heterocycles. The molecule has 0 radical (unpaired) electrons. The molecule has 0 aliphatic carbocycles. The van der Waals surface area contributed by atoms with Crippen LogP contribution in [-0.4, -0.2) is 10.9 Å². The highest BCUT2D eigenvalue weighted by Gasteiger charge is 2.13. The van der Waals surface area contributed by atoms with Crippen LogP contribution in [0.15, 0.2) is 78.2 Å². The molecule has 3 aromatic carbocycles. The molecular formula is C23H16F2N2O2S. The van der Waals surface area contributed by atoms with Crippen molar-refractivity contribution in [2.75, 3.05) is 5.32 Å². The highest BCUT2D eigenvalue weighted by molar-refractivity contribution is 7.13. The van der Waals surface area contributed by atoms with Gasteiger partial charge in [0.25, 0.3) is 5.91 Å². The van der Waals surface area contributed by atoms with E-state index in [1.165, 1.54) is 41.7 Å². The lowest BCUT2D eigenvalue weighted by atomic mass is 10.2. The Balaban J connectivity index is 1.45. The predicted octanol–water partition coefficient (Wildman–Crippen LogP) is 5.92. The average Bonchev–Trinajstić information content (AvgIpc) is 3.26. The number of ether oxygens (including phenoxy) is 1. The van der Waals surface area contributed by atoms with Gasteiger partial charge in [-0.25, -0.2) is 13.8 Å². The number of amides is 1. The van der Waals surface area contributed by atoms with Crippen LogP contribution in [-0.2, 0) is 6.61 Å². The second-order valence-electron chi connectivity index (χ2n) is 6.41. The van der Waals surface area contributed by atoms with Crippen LogP contribution in [0.25, 0.3) is 10.6 Å². The van der Waals surface area contributed by atoms with E-state index in [0.717, 1.165) is 5.56 Å². The number of thiazole rings is 1. The molecule has 0 spiro atoms. The van der Waals surface area contributed by atoms with Gasteiger partial charge in [-0.05, 0) is 42.5 Å². The molecule has 30 heavy (non-hydrogen) atoms. The smallest absolute Gasteiger partial charge is 0.275 e. The van der Waals surface area contributed by atoms with Crippen LogP contribution in [0.1, 0.15) is 16.1 Å². The first kappa shape index (κ1) is 19.7. The third-order valence-electron chi connectivity index (χ3n) is 4.27. The lowest BCUT2D eigenvalue weighted by Gasteiger charge is -2.08. The van der Waals surface area contributed by atoms with Crippen molar-refractivity contribution in [2.24, 2.45) is 0 Å². The number of rotatable bonds is 6. The number of aromatic nitrogens is 1. The van der Waals surface area contributed by atoms with E-state index in [4.69, 9.17) is 4.74 Å². The second kappa shape index (κ2) is 8.84. The Hall–Kier alpha value is -3.58. The number of hydrogen-bond donors (Lipinski definition) is 1. The summed E-state index contributed by atoms with van der Waals surface area (Å²) < 4.78 is 32.4. The van der Waals surface area contributed by atoms with Gasteiger partial charge >= 0.3 is 0 Å². The molecule has 0 saturated carbocycles. The summed E-state index contributed by atoms with van der Waals surface area (Å²) in [5.74, 6) is -0.495. The van der Waals surface area contributed by atoms with Crippen LogP contribution in [0.4, 0.5) is 14.5 Å². The maximum absolute atomic E-state index is 13.7. The molecule has 1 amide bonds. The number of carbonyl (C=O) groups is 1. The first-order chi connectivity index (χ1) is 14.6. The zero-order valence-electron chi connectivity index (χ0n) is 15.6. The van der Waals surface area contributed by atoms with E-state index in [1.54, 1.807) is 35.7 Å². The molecule has 0 aliphatic heterocycles. The number of benzene rings is 3. The van der Waals surface area contributed by atoms with Crippen molar-refractivity contribution >= 4 is 22.9 Å². The summed E-state index contributed by atoms with van der Waals surface area (Å²) in [4.78, 5) is 16.8. The Kier molecular flexibility index (Phi) is 5.81. The molecule has 0 fully saturated rings.